The maximum atomic E-state index is 12.8. The summed E-state index contributed by atoms with van der Waals surface area (Å²) in [6.45, 7) is 4.05. The van der Waals surface area contributed by atoms with Gasteiger partial charge in [0.15, 0.2) is 11.5 Å². The van der Waals surface area contributed by atoms with Crippen LogP contribution in [-0.2, 0) is 11.2 Å². The zero-order valence-electron chi connectivity index (χ0n) is 17.9. The van der Waals surface area contributed by atoms with Crippen molar-refractivity contribution in [2.75, 3.05) is 33.9 Å². The van der Waals surface area contributed by atoms with Crippen LogP contribution in [0.2, 0.25) is 0 Å². The van der Waals surface area contributed by atoms with Gasteiger partial charge in [0.25, 0.3) is 5.91 Å². The second kappa shape index (κ2) is 10.1. The average Bonchev–Trinajstić information content (AvgIpc) is 2.78. The number of nitrogens with zero attached hydrogens (tertiary/aromatic N) is 1. The lowest BCUT2D eigenvalue weighted by molar-refractivity contribution is -0.120. The van der Waals surface area contributed by atoms with Crippen LogP contribution in [0.4, 0.5) is 0 Å². The molecule has 0 unspecified atom stereocenters. The van der Waals surface area contributed by atoms with Crippen LogP contribution in [0.1, 0.15) is 34.3 Å². The molecule has 0 aliphatic carbocycles. The molecule has 0 aromatic heterocycles. The van der Waals surface area contributed by atoms with Crippen molar-refractivity contribution in [1.29, 1.82) is 0 Å². The normalized spacial score (nSPS) is 14.3. The van der Waals surface area contributed by atoms with Crippen LogP contribution in [0, 0.1) is 12.8 Å². The van der Waals surface area contributed by atoms with Crippen molar-refractivity contribution in [3.05, 3.63) is 59.2 Å². The van der Waals surface area contributed by atoms with Gasteiger partial charge in [-0.2, -0.15) is 0 Å². The van der Waals surface area contributed by atoms with Gasteiger partial charge in [-0.3, -0.25) is 9.59 Å². The number of hydrogen-bond donors (Lipinski definition) is 1. The molecule has 2 amide bonds. The molecular formula is C24H30N2O4. The highest BCUT2D eigenvalue weighted by molar-refractivity contribution is 5.95. The molecule has 2 aromatic rings. The van der Waals surface area contributed by atoms with E-state index in [-0.39, 0.29) is 11.8 Å². The van der Waals surface area contributed by atoms with Gasteiger partial charge in [0.05, 0.1) is 20.6 Å². The second-order valence-electron chi connectivity index (χ2n) is 7.71. The van der Waals surface area contributed by atoms with E-state index in [4.69, 9.17) is 9.47 Å². The predicted molar refractivity (Wildman–Crippen MR) is 116 cm³/mol. The van der Waals surface area contributed by atoms with Crippen LogP contribution >= 0.6 is 0 Å². The number of piperidine rings is 1. The average molecular weight is 411 g/mol. The van der Waals surface area contributed by atoms with E-state index in [1.165, 1.54) is 0 Å². The topological polar surface area (TPSA) is 67.9 Å². The molecule has 30 heavy (non-hydrogen) atoms. The van der Waals surface area contributed by atoms with Crippen molar-refractivity contribution >= 4 is 11.8 Å². The Labute approximate surface area is 178 Å². The van der Waals surface area contributed by atoms with Crippen molar-refractivity contribution in [3.8, 4) is 11.5 Å². The summed E-state index contributed by atoms with van der Waals surface area (Å²) in [5.41, 5.74) is 2.79. The van der Waals surface area contributed by atoms with Gasteiger partial charge in [-0.05, 0) is 55.0 Å². The fourth-order valence-corrected chi connectivity index (χ4v) is 3.79. The van der Waals surface area contributed by atoms with Crippen LogP contribution in [0.5, 0.6) is 11.5 Å². The molecule has 6 nitrogen and oxygen atoms in total. The van der Waals surface area contributed by atoms with Crippen LogP contribution in [0.15, 0.2) is 42.5 Å². The number of ether oxygens (including phenoxy) is 2. The molecular weight excluding hydrogens is 380 g/mol. The van der Waals surface area contributed by atoms with Gasteiger partial charge in [0.1, 0.15) is 0 Å². The Bertz CT molecular complexity index is 889. The number of likely N-dealkylation sites (tertiary alicyclic amines) is 1. The molecule has 6 heteroatoms. The summed E-state index contributed by atoms with van der Waals surface area (Å²) in [5, 5.41) is 3.06. The molecule has 1 aliphatic rings. The summed E-state index contributed by atoms with van der Waals surface area (Å²) in [4.78, 5) is 27.0. The Morgan fingerprint density at radius 2 is 1.73 bits per heavy atom. The molecule has 1 saturated heterocycles. The molecule has 1 N–H and O–H groups in total. The smallest absolute Gasteiger partial charge is 0.253 e. The quantitative estimate of drug-likeness (QED) is 0.761. The summed E-state index contributed by atoms with van der Waals surface area (Å²) in [6.07, 6.45) is 2.16. The second-order valence-corrected chi connectivity index (χ2v) is 7.71. The molecule has 1 aliphatic heterocycles. The summed E-state index contributed by atoms with van der Waals surface area (Å²) >= 11 is 0. The lowest BCUT2D eigenvalue weighted by atomic mass is 9.96. The van der Waals surface area contributed by atoms with E-state index in [0.29, 0.717) is 49.0 Å². The van der Waals surface area contributed by atoms with Crippen molar-refractivity contribution < 1.29 is 19.1 Å². The molecule has 0 spiro atoms. The summed E-state index contributed by atoms with van der Waals surface area (Å²) in [5.74, 6) is 1.59. The molecule has 160 valence electrons. The van der Waals surface area contributed by atoms with E-state index in [9.17, 15) is 9.59 Å². The first-order valence-corrected chi connectivity index (χ1v) is 10.3. The number of hydrogen-bond acceptors (Lipinski definition) is 4. The first-order chi connectivity index (χ1) is 14.5. The predicted octanol–water partition coefficient (Wildman–Crippen LogP) is 3.22. The standard InChI is InChI=1S/C24H30N2O4/c1-17-6-4-5-7-19(17)15-23(27)25-16-18-10-12-26(13-11-18)24(28)20-8-9-21(29-2)22(14-20)30-3/h4-9,14,18H,10-13,15-16H2,1-3H3,(H,25,27). The monoisotopic (exact) mass is 410 g/mol. The summed E-state index contributed by atoms with van der Waals surface area (Å²) < 4.78 is 10.5. The van der Waals surface area contributed by atoms with E-state index in [1.54, 1.807) is 32.4 Å². The van der Waals surface area contributed by atoms with Crippen molar-refractivity contribution in [2.45, 2.75) is 26.2 Å². The largest absolute Gasteiger partial charge is 0.493 e. The highest BCUT2D eigenvalue weighted by Gasteiger charge is 2.24. The van der Waals surface area contributed by atoms with Gasteiger partial charge in [-0.1, -0.05) is 24.3 Å². The Hall–Kier alpha value is -3.02. The van der Waals surface area contributed by atoms with Gasteiger partial charge >= 0.3 is 0 Å². The van der Waals surface area contributed by atoms with Gasteiger partial charge in [0, 0.05) is 25.2 Å². The molecule has 3 rings (SSSR count). The minimum absolute atomic E-state index is 0.00186. The van der Waals surface area contributed by atoms with Gasteiger partial charge < -0.3 is 19.7 Å². The molecule has 2 aromatic carbocycles. The fourth-order valence-electron chi connectivity index (χ4n) is 3.79. The molecule has 0 saturated carbocycles. The van der Waals surface area contributed by atoms with Crippen molar-refractivity contribution in [1.82, 2.24) is 10.2 Å². The van der Waals surface area contributed by atoms with E-state index in [2.05, 4.69) is 5.32 Å². The Balaban J connectivity index is 1.47. The lowest BCUT2D eigenvalue weighted by Gasteiger charge is -2.32. The zero-order chi connectivity index (χ0) is 21.5. The number of carbonyl (C=O) groups is 2. The Morgan fingerprint density at radius 3 is 2.40 bits per heavy atom. The molecule has 1 fully saturated rings. The lowest BCUT2D eigenvalue weighted by Crippen LogP contribution is -2.41. The summed E-state index contributed by atoms with van der Waals surface area (Å²) in [6, 6.07) is 13.2. The van der Waals surface area contributed by atoms with E-state index in [1.807, 2.05) is 36.1 Å². The number of amides is 2. The highest BCUT2D eigenvalue weighted by Crippen LogP contribution is 2.28. The number of rotatable bonds is 7. The SMILES string of the molecule is COc1ccc(C(=O)N2CCC(CNC(=O)Cc3ccccc3C)CC2)cc1OC. The third-order valence-corrected chi connectivity index (χ3v) is 5.73. The zero-order valence-corrected chi connectivity index (χ0v) is 17.9. The van der Waals surface area contributed by atoms with E-state index in [0.717, 1.165) is 24.0 Å². The number of methoxy groups -OCH3 is 2. The van der Waals surface area contributed by atoms with E-state index < -0.39 is 0 Å². The number of benzene rings is 2. The Morgan fingerprint density at radius 1 is 1.03 bits per heavy atom. The third-order valence-electron chi connectivity index (χ3n) is 5.73. The fraction of sp³-hybridized carbons (Fsp3) is 0.417. The van der Waals surface area contributed by atoms with E-state index >= 15 is 0 Å². The molecule has 0 bridgehead atoms. The minimum atomic E-state index is -0.00186. The van der Waals surface area contributed by atoms with Gasteiger partial charge in [0.2, 0.25) is 5.91 Å². The first kappa shape index (κ1) is 21.7. The molecule has 1 heterocycles. The first-order valence-electron chi connectivity index (χ1n) is 10.3. The molecule has 0 atom stereocenters. The maximum Gasteiger partial charge on any atom is 0.253 e. The van der Waals surface area contributed by atoms with Crippen LogP contribution in [-0.4, -0.2) is 50.6 Å². The summed E-state index contributed by atoms with van der Waals surface area (Å²) in [7, 11) is 3.13. The van der Waals surface area contributed by atoms with Gasteiger partial charge in [-0.15, -0.1) is 0 Å². The Kier molecular flexibility index (Phi) is 7.33. The van der Waals surface area contributed by atoms with Crippen molar-refractivity contribution in [3.63, 3.8) is 0 Å². The number of aryl methyl sites for hydroxylation is 1. The van der Waals surface area contributed by atoms with Crippen LogP contribution < -0.4 is 14.8 Å². The van der Waals surface area contributed by atoms with Crippen LogP contribution in [0.3, 0.4) is 0 Å². The van der Waals surface area contributed by atoms with Gasteiger partial charge in [-0.25, -0.2) is 0 Å². The van der Waals surface area contributed by atoms with Crippen LogP contribution in [0.25, 0.3) is 0 Å². The highest BCUT2D eigenvalue weighted by atomic mass is 16.5. The third kappa shape index (κ3) is 5.32. The van der Waals surface area contributed by atoms with Crippen molar-refractivity contribution in [2.24, 2.45) is 5.92 Å². The molecule has 0 radical (unpaired) electrons. The number of nitrogens with one attached hydrogen (secondary N) is 1. The minimum Gasteiger partial charge on any atom is -0.493 e. The maximum absolute atomic E-state index is 12.8. The number of carbonyl (C=O) groups excluding carboxylic acids is 2.